The molecule has 0 aliphatic rings. The zero-order chi connectivity index (χ0) is 9.94. The van der Waals surface area contributed by atoms with Crippen molar-refractivity contribution in [1.82, 2.24) is 0 Å². The second-order valence-electron chi connectivity index (χ2n) is 2.62. The summed E-state index contributed by atoms with van der Waals surface area (Å²) in [7, 11) is -4.19. The van der Waals surface area contributed by atoms with Gasteiger partial charge in [-0.3, -0.25) is 9.36 Å². The highest BCUT2D eigenvalue weighted by Gasteiger charge is 2.27. The van der Waals surface area contributed by atoms with Crippen LogP contribution in [0.15, 0.2) is 0 Å². The van der Waals surface area contributed by atoms with Crippen molar-refractivity contribution in [3.05, 3.63) is 0 Å². The van der Waals surface area contributed by atoms with Crippen LogP contribution in [-0.2, 0) is 9.36 Å². The van der Waals surface area contributed by atoms with Gasteiger partial charge in [-0.05, 0) is 6.42 Å². The highest BCUT2D eigenvalue weighted by Crippen LogP contribution is 2.42. The number of hydrogen-bond acceptors (Lipinski definition) is 3. The van der Waals surface area contributed by atoms with Crippen LogP contribution in [0.4, 0.5) is 0 Å². The molecule has 72 valence electrons. The minimum absolute atomic E-state index is 0.223. The Morgan fingerprint density at radius 3 is 2.25 bits per heavy atom. The molecule has 7 heteroatoms. The first-order valence-corrected chi connectivity index (χ1v) is 4.97. The minimum Gasteiger partial charge on any atom is -0.480 e. The SMILES string of the molecule is C[C@H](C[C@H](N)C(=O)O)P(=O)(O)O. The normalized spacial score (nSPS) is 17.0. The molecule has 0 aromatic heterocycles. The predicted molar refractivity (Wildman–Crippen MR) is 41.7 cm³/mol. The van der Waals surface area contributed by atoms with Gasteiger partial charge in [0.1, 0.15) is 6.04 Å². The summed E-state index contributed by atoms with van der Waals surface area (Å²) in [6, 6.07) is -1.22. The van der Waals surface area contributed by atoms with E-state index in [4.69, 9.17) is 20.6 Å². The van der Waals surface area contributed by atoms with E-state index < -0.39 is 25.3 Å². The van der Waals surface area contributed by atoms with Crippen LogP contribution in [0.1, 0.15) is 13.3 Å². The molecule has 0 saturated heterocycles. The first kappa shape index (κ1) is 11.6. The van der Waals surface area contributed by atoms with E-state index in [1.165, 1.54) is 6.92 Å². The minimum atomic E-state index is -4.19. The van der Waals surface area contributed by atoms with Crippen LogP contribution in [0.2, 0.25) is 0 Å². The predicted octanol–water partition coefficient (Wildman–Crippen LogP) is -0.645. The van der Waals surface area contributed by atoms with Crippen LogP contribution in [0.25, 0.3) is 0 Å². The molecule has 0 rings (SSSR count). The molecule has 12 heavy (non-hydrogen) atoms. The van der Waals surface area contributed by atoms with Gasteiger partial charge in [0, 0.05) is 0 Å². The van der Waals surface area contributed by atoms with Gasteiger partial charge in [0.2, 0.25) is 0 Å². The summed E-state index contributed by atoms with van der Waals surface area (Å²) in [6.45, 7) is 1.27. The molecule has 6 nitrogen and oxygen atoms in total. The Morgan fingerprint density at radius 2 is 2.00 bits per heavy atom. The molecule has 0 aliphatic carbocycles. The molecular formula is C5H12NO5P. The van der Waals surface area contributed by atoms with Gasteiger partial charge in [-0.25, -0.2) is 0 Å². The van der Waals surface area contributed by atoms with Crippen molar-refractivity contribution in [2.75, 3.05) is 0 Å². The molecule has 0 amide bonds. The van der Waals surface area contributed by atoms with Crippen LogP contribution in [-0.4, -0.2) is 32.6 Å². The maximum Gasteiger partial charge on any atom is 0.328 e. The van der Waals surface area contributed by atoms with Crippen molar-refractivity contribution in [2.45, 2.75) is 25.0 Å². The first-order valence-electron chi connectivity index (χ1n) is 3.28. The van der Waals surface area contributed by atoms with E-state index in [2.05, 4.69) is 0 Å². The van der Waals surface area contributed by atoms with Gasteiger partial charge in [-0.15, -0.1) is 0 Å². The lowest BCUT2D eigenvalue weighted by molar-refractivity contribution is -0.138. The van der Waals surface area contributed by atoms with Gasteiger partial charge in [0.25, 0.3) is 0 Å². The fourth-order valence-corrected chi connectivity index (χ4v) is 1.11. The Bertz CT molecular complexity index is 212. The summed E-state index contributed by atoms with van der Waals surface area (Å²) in [5.41, 5.74) is 4.06. The van der Waals surface area contributed by atoms with E-state index in [9.17, 15) is 9.36 Å². The fourth-order valence-electron chi connectivity index (χ4n) is 0.606. The van der Waals surface area contributed by atoms with Crippen molar-refractivity contribution in [3.8, 4) is 0 Å². The topological polar surface area (TPSA) is 121 Å². The van der Waals surface area contributed by atoms with Gasteiger partial charge in [0.05, 0.1) is 5.66 Å². The van der Waals surface area contributed by atoms with Crippen LogP contribution in [0.3, 0.4) is 0 Å². The number of carbonyl (C=O) groups is 1. The summed E-state index contributed by atoms with van der Waals surface area (Å²) in [5, 5.41) is 8.32. The highest BCUT2D eigenvalue weighted by molar-refractivity contribution is 7.52. The van der Waals surface area contributed by atoms with E-state index in [0.29, 0.717) is 0 Å². The molecular weight excluding hydrogens is 185 g/mol. The zero-order valence-electron chi connectivity index (χ0n) is 6.54. The largest absolute Gasteiger partial charge is 0.480 e. The molecule has 0 fully saturated rings. The Hall–Kier alpha value is -0.420. The van der Waals surface area contributed by atoms with E-state index in [1.54, 1.807) is 0 Å². The molecule has 0 heterocycles. The molecule has 2 atom stereocenters. The number of aliphatic carboxylic acids is 1. The highest BCUT2D eigenvalue weighted by atomic mass is 31.2. The van der Waals surface area contributed by atoms with E-state index in [0.717, 1.165) is 0 Å². The molecule has 0 aliphatic heterocycles. The van der Waals surface area contributed by atoms with Gasteiger partial charge in [-0.1, -0.05) is 6.92 Å². The average Bonchev–Trinajstić information content (AvgIpc) is 1.85. The molecule has 0 bridgehead atoms. The molecule has 0 saturated carbocycles. The van der Waals surface area contributed by atoms with Crippen molar-refractivity contribution in [2.24, 2.45) is 5.73 Å². The Balaban J connectivity index is 4.11. The fraction of sp³-hybridized carbons (Fsp3) is 0.800. The zero-order valence-corrected chi connectivity index (χ0v) is 7.44. The quantitative estimate of drug-likeness (QED) is 0.444. The number of nitrogens with two attached hydrogens (primary N) is 1. The second kappa shape index (κ2) is 4.00. The summed E-state index contributed by atoms with van der Waals surface area (Å²) in [5.74, 6) is -1.25. The Kier molecular flexibility index (Phi) is 3.86. The molecule has 0 aromatic rings. The van der Waals surface area contributed by atoms with Crippen LogP contribution in [0.5, 0.6) is 0 Å². The molecule has 0 radical (unpaired) electrons. The lowest BCUT2D eigenvalue weighted by Gasteiger charge is -2.14. The first-order chi connectivity index (χ1) is 5.25. The maximum atomic E-state index is 10.5. The lowest BCUT2D eigenvalue weighted by atomic mass is 10.2. The van der Waals surface area contributed by atoms with Gasteiger partial charge in [-0.2, -0.15) is 0 Å². The number of rotatable bonds is 4. The third-order valence-corrected chi connectivity index (χ3v) is 2.85. The average molecular weight is 197 g/mol. The second-order valence-corrected chi connectivity index (χ2v) is 4.68. The Labute approximate surface area is 69.5 Å². The number of carboxylic acids is 1. The number of hydrogen-bond donors (Lipinski definition) is 4. The van der Waals surface area contributed by atoms with Crippen LogP contribution in [0, 0.1) is 0 Å². The van der Waals surface area contributed by atoms with E-state index in [-0.39, 0.29) is 6.42 Å². The number of carboxylic acid groups (broad SMARTS) is 1. The van der Waals surface area contributed by atoms with Gasteiger partial charge in [0.15, 0.2) is 0 Å². The summed E-state index contributed by atoms with van der Waals surface area (Å²) >= 11 is 0. The third kappa shape index (κ3) is 3.82. The van der Waals surface area contributed by atoms with Crippen molar-refractivity contribution in [3.63, 3.8) is 0 Å². The summed E-state index contributed by atoms with van der Waals surface area (Å²) in [4.78, 5) is 27.3. The monoisotopic (exact) mass is 197 g/mol. The maximum absolute atomic E-state index is 10.5. The smallest absolute Gasteiger partial charge is 0.328 e. The van der Waals surface area contributed by atoms with Crippen LogP contribution < -0.4 is 5.73 Å². The summed E-state index contributed by atoms with van der Waals surface area (Å²) in [6.07, 6.45) is -0.223. The Morgan fingerprint density at radius 1 is 1.58 bits per heavy atom. The van der Waals surface area contributed by atoms with Gasteiger partial charge >= 0.3 is 13.6 Å². The summed E-state index contributed by atoms with van der Waals surface area (Å²) < 4.78 is 10.5. The molecule has 0 spiro atoms. The van der Waals surface area contributed by atoms with E-state index in [1.807, 2.05) is 0 Å². The lowest BCUT2D eigenvalue weighted by Crippen LogP contribution is -2.33. The standard InChI is InChI=1S/C5H12NO5P/c1-3(12(9,10)11)2-4(6)5(7)8/h3-4H,2,6H2,1H3,(H,7,8)(H2,9,10,11)/t3-,4+/m1/s1. The van der Waals surface area contributed by atoms with Crippen molar-refractivity contribution >= 4 is 13.6 Å². The van der Waals surface area contributed by atoms with E-state index >= 15 is 0 Å². The molecule has 0 aromatic carbocycles. The van der Waals surface area contributed by atoms with Crippen molar-refractivity contribution in [1.29, 1.82) is 0 Å². The van der Waals surface area contributed by atoms with Gasteiger partial charge < -0.3 is 20.6 Å². The molecule has 5 N–H and O–H groups in total. The van der Waals surface area contributed by atoms with Crippen molar-refractivity contribution < 1.29 is 24.3 Å². The molecule has 0 unspecified atom stereocenters. The van der Waals surface area contributed by atoms with Crippen LogP contribution >= 0.6 is 7.60 Å². The third-order valence-electron chi connectivity index (χ3n) is 1.49.